The van der Waals surface area contributed by atoms with E-state index >= 15 is 0 Å². The van der Waals surface area contributed by atoms with Crippen LogP contribution in [-0.4, -0.2) is 34.9 Å². The van der Waals surface area contributed by atoms with Crippen LogP contribution >= 0.6 is 0 Å². The summed E-state index contributed by atoms with van der Waals surface area (Å²) in [5, 5.41) is 13.3. The first-order valence-electron chi connectivity index (χ1n) is 10.7. The van der Waals surface area contributed by atoms with Crippen LogP contribution in [0.2, 0.25) is 0 Å². The number of aromatic nitrogens is 2. The van der Waals surface area contributed by atoms with Crippen molar-refractivity contribution in [3.05, 3.63) is 70.1 Å². The highest BCUT2D eigenvalue weighted by Crippen LogP contribution is 2.36. The Hall–Kier alpha value is -3.57. The summed E-state index contributed by atoms with van der Waals surface area (Å²) >= 11 is 0. The summed E-state index contributed by atoms with van der Waals surface area (Å²) in [6, 6.07) is 9.31. The minimum atomic E-state index is -5.93. The Morgan fingerprint density at radius 1 is 0.972 bits per heavy atom. The number of rotatable bonds is 5. The predicted molar refractivity (Wildman–Crippen MR) is 116 cm³/mol. The molecule has 1 heterocycles. The van der Waals surface area contributed by atoms with Crippen molar-refractivity contribution in [2.45, 2.75) is 58.1 Å². The van der Waals surface area contributed by atoms with E-state index in [1.807, 2.05) is 20.8 Å². The summed E-state index contributed by atoms with van der Waals surface area (Å²) in [7, 11) is 0. The van der Waals surface area contributed by atoms with Crippen LogP contribution in [-0.2, 0) is 16.7 Å². The third-order valence-electron chi connectivity index (χ3n) is 5.53. The third kappa shape index (κ3) is 5.02. The molecule has 194 valence electrons. The topological polar surface area (TPSA) is 75.2 Å². The molecule has 0 aliphatic rings. The zero-order chi connectivity index (χ0) is 27.2. The van der Waals surface area contributed by atoms with Crippen LogP contribution in [0, 0.1) is 5.21 Å². The first-order valence-corrected chi connectivity index (χ1v) is 10.7. The highest BCUT2D eigenvalue weighted by atomic mass is 19.4. The first kappa shape index (κ1) is 27.0. The molecule has 0 fully saturated rings. The summed E-state index contributed by atoms with van der Waals surface area (Å²) in [6.45, 7) is 7.52. The zero-order valence-electron chi connectivity index (χ0n) is 19.6. The van der Waals surface area contributed by atoms with Gasteiger partial charge in [0.1, 0.15) is 5.52 Å². The molecule has 0 amide bonds. The number of aryl methyl sites for hydroxylation is 1. The maximum atomic E-state index is 13.5. The average Bonchev–Trinajstić information content (AvgIpc) is 3.04. The summed E-state index contributed by atoms with van der Waals surface area (Å²) < 4.78 is 82.5. The zero-order valence-corrected chi connectivity index (χ0v) is 19.6. The van der Waals surface area contributed by atoms with E-state index in [4.69, 9.17) is 0 Å². The van der Waals surface area contributed by atoms with Crippen LogP contribution in [0.25, 0.3) is 10.9 Å². The van der Waals surface area contributed by atoms with E-state index in [1.54, 1.807) is 25.1 Å². The molecule has 0 bridgehead atoms. The highest BCUT2D eigenvalue weighted by Gasteiger charge is 2.60. The molecule has 36 heavy (non-hydrogen) atoms. The molecule has 3 aromatic rings. The Morgan fingerprint density at radius 3 is 2.03 bits per heavy atom. The molecular weight excluding hydrogens is 494 g/mol. The molecule has 2 aromatic carbocycles. The van der Waals surface area contributed by atoms with E-state index in [1.165, 1.54) is 10.7 Å². The minimum Gasteiger partial charge on any atom is -0.595 e. The fourth-order valence-corrected chi connectivity index (χ4v) is 3.72. The molecule has 0 atom stereocenters. The Morgan fingerprint density at radius 2 is 1.53 bits per heavy atom. The number of fused-ring (bicyclic) bond motifs is 1. The fraction of sp³-hybridized carbons (Fsp3) is 0.375. The number of alkyl halides is 6. The molecule has 12 heteroatoms. The number of ether oxygens (including phenoxy) is 1. The number of ketones is 1. The molecule has 0 N–H and O–H groups in total. The maximum Gasteiger partial charge on any atom is 0.434 e. The van der Waals surface area contributed by atoms with Crippen molar-refractivity contribution in [3.63, 3.8) is 0 Å². The number of halogens is 6. The standard InChI is InChI=1S/C24H22F6N2O4/c1-5-31-17-11-10-13(22(2,3)4)12-16(17)18(32(31)35)19(33)14-8-6-7-9-15(14)20(34)36-21(23(25,26)27)24(28,29)30/h6-12,21H,5H2,1-4H3. The minimum absolute atomic E-state index is 0.157. The highest BCUT2D eigenvalue weighted by molar-refractivity contribution is 6.17. The van der Waals surface area contributed by atoms with Crippen LogP contribution in [0.1, 0.15) is 59.7 Å². The average molecular weight is 516 g/mol. The molecular formula is C24H22F6N2O4. The van der Waals surface area contributed by atoms with Crippen molar-refractivity contribution in [2.24, 2.45) is 0 Å². The number of nitrogens with zero attached hydrogens (tertiary/aromatic N) is 2. The van der Waals surface area contributed by atoms with Gasteiger partial charge in [0.25, 0.3) is 17.6 Å². The lowest BCUT2D eigenvalue weighted by molar-refractivity contribution is -0.692. The molecule has 0 unspecified atom stereocenters. The summed E-state index contributed by atoms with van der Waals surface area (Å²) in [5.74, 6) is -3.07. The smallest absolute Gasteiger partial charge is 0.434 e. The van der Waals surface area contributed by atoms with Gasteiger partial charge in [0.15, 0.2) is 0 Å². The molecule has 3 rings (SSSR count). The van der Waals surface area contributed by atoms with Crippen molar-refractivity contribution >= 4 is 22.7 Å². The molecule has 0 aliphatic heterocycles. The van der Waals surface area contributed by atoms with Crippen LogP contribution in [0.3, 0.4) is 0 Å². The van der Waals surface area contributed by atoms with Gasteiger partial charge in [0.05, 0.1) is 17.5 Å². The Labute approximate surface area is 201 Å². The third-order valence-corrected chi connectivity index (χ3v) is 5.53. The van der Waals surface area contributed by atoms with E-state index in [-0.39, 0.29) is 17.3 Å². The van der Waals surface area contributed by atoms with Crippen LogP contribution < -0.4 is 4.85 Å². The number of esters is 1. The van der Waals surface area contributed by atoms with Crippen molar-refractivity contribution in [1.82, 2.24) is 4.68 Å². The summed E-state index contributed by atoms with van der Waals surface area (Å²) in [6.07, 6.45) is -16.2. The quantitative estimate of drug-likeness (QED) is 0.148. The fourth-order valence-electron chi connectivity index (χ4n) is 3.72. The van der Waals surface area contributed by atoms with Gasteiger partial charge >= 0.3 is 18.3 Å². The Balaban J connectivity index is 2.16. The second kappa shape index (κ2) is 9.14. The molecule has 6 nitrogen and oxygen atoms in total. The van der Waals surface area contributed by atoms with Crippen LogP contribution in [0.4, 0.5) is 26.3 Å². The van der Waals surface area contributed by atoms with Gasteiger partial charge in [0, 0.05) is 5.56 Å². The van der Waals surface area contributed by atoms with Crippen LogP contribution in [0.5, 0.6) is 0 Å². The summed E-state index contributed by atoms with van der Waals surface area (Å²) in [5.41, 5.74) is -1.07. The number of benzene rings is 2. The monoisotopic (exact) mass is 516 g/mol. The molecule has 0 aliphatic carbocycles. The van der Waals surface area contributed by atoms with E-state index < -0.39 is 47.0 Å². The van der Waals surface area contributed by atoms with E-state index in [0.717, 1.165) is 23.8 Å². The second-order valence-electron chi connectivity index (χ2n) is 9.06. The molecule has 0 radical (unpaired) electrons. The van der Waals surface area contributed by atoms with Crippen molar-refractivity contribution in [1.29, 1.82) is 0 Å². The van der Waals surface area contributed by atoms with Gasteiger partial charge in [-0.1, -0.05) is 43.8 Å². The van der Waals surface area contributed by atoms with Gasteiger partial charge in [0.2, 0.25) is 0 Å². The molecule has 0 saturated heterocycles. The molecule has 0 saturated carbocycles. The van der Waals surface area contributed by atoms with Gasteiger partial charge in [-0.25, -0.2) is 4.79 Å². The SMILES string of the molecule is CCn1c2ccc(C(C)(C)C)cc2c(C(=O)c2ccccc2C(=O)OC(C(F)(F)F)C(F)(F)F)[n+]1[O-]. The lowest BCUT2D eigenvalue weighted by Crippen LogP contribution is -2.45. The largest absolute Gasteiger partial charge is 0.595 e. The van der Waals surface area contributed by atoms with Crippen LogP contribution in [0.15, 0.2) is 42.5 Å². The van der Waals surface area contributed by atoms with Gasteiger partial charge in [-0.05, 0) is 42.2 Å². The van der Waals surface area contributed by atoms with Gasteiger partial charge in [-0.15, -0.1) is 4.68 Å². The van der Waals surface area contributed by atoms with E-state index in [9.17, 15) is 41.1 Å². The summed E-state index contributed by atoms with van der Waals surface area (Å²) in [4.78, 5) is 26.2. The molecule has 0 spiro atoms. The Kier molecular flexibility index (Phi) is 6.86. The number of hydrogen-bond donors (Lipinski definition) is 0. The lowest BCUT2D eigenvalue weighted by atomic mass is 9.86. The predicted octanol–water partition coefficient (Wildman–Crippen LogP) is 5.47. The van der Waals surface area contributed by atoms with Gasteiger partial charge in [-0.3, -0.25) is 4.79 Å². The lowest BCUT2D eigenvalue weighted by Gasteiger charge is -2.23. The van der Waals surface area contributed by atoms with Gasteiger partial charge < -0.3 is 9.94 Å². The normalized spacial score (nSPS) is 12.9. The Bertz CT molecular complexity index is 1310. The van der Waals surface area contributed by atoms with Crippen molar-refractivity contribution < 1.29 is 45.5 Å². The first-order chi connectivity index (χ1) is 16.5. The van der Waals surface area contributed by atoms with Crippen molar-refractivity contribution in [2.75, 3.05) is 0 Å². The molecule has 1 aromatic heterocycles. The van der Waals surface area contributed by atoms with Crippen molar-refractivity contribution in [3.8, 4) is 0 Å². The van der Waals surface area contributed by atoms with E-state index in [0.29, 0.717) is 10.4 Å². The second-order valence-corrected chi connectivity index (χ2v) is 9.06. The van der Waals surface area contributed by atoms with E-state index in [2.05, 4.69) is 4.74 Å². The number of carbonyl (C=O) groups excluding carboxylic acids is 2. The van der Waals surface area contributed by atoms with Gasteiger partial charge in [-0.2, -0.15) is 26.3 Å². The maximum absolute atomic E-state index is 13.5. The number of hydrogen-bond acceptors (Lipinski definition) is 4. The number of carbonyl (C=O) groups is 2.